The van der Waals surface area contributed by atoms with Crippen LogP contribution in [0.3, 0.4) is 0 Å². The molecule has 0 radical (unpaired) electrons. The van der Waals surface area contributed by atoms with E-state index in [4.69, 9.17) is 4.74 Å². The zero-order chi connectivity index (χ0) is 15.1. The third kappa shape index (κ3) is 2.34. The first-order valence-corrected chi connectivity index (χ1v) is 7.45. The number of aliphatic hydroxyl groups excluding tert-OH is 2. The number of rotatable bonds is 4. The number of aliphatic hydroxyl groups is 2. The highest BCUT2D eigenvalue weighted by Gasteiger charge is 2.62. The summed E-state index contributed by atoms with van der Waals surface area (Å²) in [6, 6.07) is 0. The largest absolute Gasteiger partial charge is 0.389 e. The highest BCUT2D eigenvalue weighted by molar-refractivity contribution is 5.86. The average molecular weight is 282 g/mol. The van der Waals surface area contributed by atoms with Gasteiger partial charge < -0.3 is 14.9 Å². The highest BCUT2D eigenvalue weighted by Crippen LogP contribution is 2.53. The summed E-state index contributed by atoms with van der Waals surface area (Å²) >= 11 is 0. The van der Waals surface area contributed by atoms with Crippen LogP contribution in [0, 0.1) is 17.3 Å². The lowest BCUT2D eigenvalue weighted by atomic mass is 9.61. The molecule has 2 fully saturated rings. The van der Waals surface area contributed by atoms with Gasteiger partial charge in [-0.15, -0.1) is 0 Å². The number of ketones is 1. The topological polar surface area (TPSA) is 66.8 Å². The van der Waals surface area contributed by atoms with Gasteiger partial charge in [-0.05, 0) is 12.8 Å². The van der Waals surface area contributed by atoms with Gasteiger partial charge in [-0.1, -0.05) is 39.3 Å². The summed E-state index contributed by atoms with van der Waals surface area (Å²) in [6.45, 7) is 8.24. The third-order valence-corrected chi connectivity index (χ3v) is 5.26. The molecule has 1 saturated carbocycles. The van der Waals surface area contributed by atoms with E-state index in [1.807, 2.05) is 33.8 Å². The Balaban J connectivity index is 2.23. The van der Waals surface area contributed by atoms with Crippen LogP contribution < -0.4 is 0 Å². The maximum Gasteiger partial charge on any atom is 0.164 e. The first-order chi connectivity index (χ1) is 9.24. The number of carbonyl (C=O) groups is 1. The number of hydrogen-bond donors (Lipinski definition) is 2. The summed E-state index contributed by atoms with van der Waals surface area (Å²) in [5, 5.41) is 20.3. The Kier molecular flexibility index (Phi) is 4.11. The van der Waals surface area contributed by atoms with Gasteiger partial charge in [-0.3, -0.25) is 4.79 Å². The molecule has 6 unspecified atom stereocenters. The van der Waals surface area contributed by atoms with Crippen molar-refractivity contribution >= 4 is 5.78 Å². The minimum atomic E-state index is -0.978. The Hall–Kier alpha value is -0.710. The molecule has 0 aromatic rings. The van der Waals surface area contributed by atoms with E-state index in [-0.39, 0.29) is 24.0 Å². The summed E-state index contributed by atoms with van der Waals surface area (Å²) in [6.07, 6.45) is 3.40. The molecule has 0 aromatic heterocycles. The molecule has 4 heteroatoms. The predicted octanol–water partition coefficient (Wildman–Crippen LogP) is 1.69. The molecular weight excluding hydrogens is 256 g/mol. The molecule has 1 heterocycles. The molecule has 1 aliphatic heterocycles. The lowest BCUT2D eigenvalue weighted by Crippen LogP contribution is -2.53. The van der Waals surface area contributed by atoms with Crippen LogP contribution >= 0.6 is 0 Å². The number of carbonyl (C=O) groups excluding carboxylic acids is 1. The molecule has 2 rings (SSSR count). The number of fused-ring (bicyclic) bond motifs is 2. The summed E-state index contributed by atoms with van der Waals surface area (Å²) < 4.78 is 5.83. The Morgan fingerprint density at radius 2 is 2.15 bits per heavy atom. The van der Waals surface area contributed by atoms with Crippen LogP contribution in [0.2, 0.25) is 0 Å². The van der Waals surface area contributed by atoms with Crippen LogP contribution in [-0.2, 0) is 9.53 Å². The van der Waals surface area contributed by atoms with Crippen LogP contribution in [0.1, 0.15) is 40.5 Å². The van der Waals surface area contributed by atoms with Crippen molar-refractivity contribution < 1.29 is 19.7 Å². The normalized spacial score (nSPS) is 44.0. The first kappa shape index (κ1) is 15.7. The standard InChI is InChI=1S/C16H26O4/c1-5-10(2)11(17)6-7-13-15(3)9-20-16(13,4)8-12(18)14(15)19/h6-7,10-11,13-14,17,19H,5,8-9H2,1-4H3. The Bertz CT molecular complexity index is 419. The van der Waals surface area contributed by atoms with Crippen molar-refractivity contribution in [3.8, 4) is 0 Å². The second-order valence-electron chi connectivity index (χ2n) is 6.89. The lowest BCUT2D eigenvalue weighted by molar-refractivity contribution is -0.142. The average Bonchev–Trinajstić information content (AvgIpc) is 2.62. The van der Waals surface area contributed by atoms with Crippen LogP contribution in [-0.4, -0.2) is 40.4 Å². The van der Waals surface area contributed by atoms with E-state index in [0.717, 1.165) is 6.42 Å². The van der Waals surface area contributed by atoms with Crippen LogP contribution in [0.4, 0.5) is 0 Å². The van der Waals surface area contributed by atoms with Crippen molar-refractivity contribution in [1.82, 2.24) is 0 Å². The summed E-state index contributed by atoms with van der Waals surface area (Å²) in [7, 11) is 0. The van der Waals surface area contributed by atoms with Gasteiger partial charge in [0, 0.05) is 17.8 Å². The number of ether oxygens (including phenoxy) is 1. The molecule has 6 atom stereocenters. The van der Waals surface area contributed by atoms with E-state index in [9.17, 15) is 15.0 Å². The van der Waals surface area contributed by atoms with E-state index < -0.39 is 23.2 Å². The highest BCUT2D eigenvalue weighted by atomic mass is 16.5. The fourth-order valence-electron chi connectivity index (χ4n) is 3.50. The monoisotopic (exact) mass is 282 g/mol. The van der Waals surface area contributed by atoms with E-state index >= 15 is 0 Å². The molecule has 20 heavy (non-hydrogen) atoms. The van der Waals surface area contributed by atoms with Crippen molar-refractivity contribution in [2.45, 2.75) is 58.3 Å². The lowest BCUT2D eigenvalue weighted by Gasteiger charge is -2.42. The van der Waals surface area contributed by atoms with E-state index in [1.165, 1.54) is 0 Å². The van der Waals surface area contributed by atoms with Gasteiger partial charge in [0.1, 0.15) is 6.10 Å². The van der Waals surface area contributed by atoms with Gasteiger partial charge in [0.25, 0.3) is 0 Å². The van der Waals surface area contributed by atoms with Gasteiger partial charge in [-0.25, -0.2) is 0 Å². The quantitative estimate of drug-likeness (QED) is 0.770. The molecule has 2 aliphatic rings. The maximum absolute atomic E-state index is 11.9. The van der Waals surface area contributed by atoms with Crippen LogP contribution in [0.5, 0.6) is 0 Å². The van der Waals surface area contributed by atoms with Crippen molar-refractivity contribution in [3.63, 3.8) is 0 Å². The molecule has 0 amide bonds. The molecule has 2 bridgehead atoms. The molecule has 1 saturated heterocycles. The summed E-state index contributed by atoms with van der Waals surface area (Å²) in [5.74, 6) is 0.00149. The zero-order valence-corrected chi connectivity index (χ0v) is 12.8. The smallest absolute Gasteiger partial charge is 0.164 e. The van der Waals surface area contributed by atoms with Gasteiger partial charge >= 0.3 is 0 Å². The van der Waals surface area contributed by atoms with Crippen molar-refractivity contribution in [2.24, 2.45) is 17.3 Å². The molecule has 4 nitrogen and oxygen atoms in total. The van der Waals surface area contributed by atoms with Gasteiger partial charge in [-0.2, -0.15) is 0 Å². The molecule has 0 spiro atoms. The first-order valence-electron chi connectivity index (χ1n) is 7.45. The molecule has 114 valence electrons. The Morgan fingerprint density at radius 3 is 2.75 bits per heavy atom. The molecule has 1 aliphatic carbocycles. The van der Waals surface area contributed by atoms with E-state index in [0.29, 0.717) is 6.61 Å². The second kappa shape index (κ2) is 5.24. The van der Waals surface area contributed by atoms with Crippen molar-refractivity contribution in [2.75, 3.05) is 6.61 Å². The number of Topliss-reactive ketones (excluding diaryl/α,β-unsaturated/α-hetero) is 1. The zero-order valence-electron chi connectivity index (χ0n) is 12.8. The van der Waals surface area contributed by atoms with Gasteiger partial charge in [0.2, 0.25) is 0 Å². The van der Waals surface area contributed by atoms with E-state index in [2.05, 4.69) is 0 Å². The molecule has 0 aromatic carbocycles. The van der Waals surface area contributed by atoms with Crippen LogP contribution in [0.25, 0.3) is 0 Å². The van der Waals surface area contributed by atoms with Gasteiger partial charge in [0.05, 0.1) is 18.3 Å². The summed E-state index contributed by atoms with van der Waals surface area (Å²) in [5.41, 5.74) is -1.15. The SMILES string of the molecule is CCC(C)C(O)C=CC1C2(C)CC(=O)C(O)C1(C)CO2. The van der Waals surface area contributed by atoms with E-state index in [1.54, 1.807) is 6.08 Å². The van der Waals surface area contributed by atoms with Crippen molar-refractivity contribution in [1.29, 1.82) is 0 Å². The van der Waals surface area contributed by atoms with Crippen molar-refractivity contribution in [3.05, 3.63) is 12.2 Å². The van der Waals surface area contributed by atoms with Gasteiger partial charge in [0.15, 0.2) is 5.78 Å². The Morgan fingerprint density at radius 1 is 1.50 bits per heavy atom. The fourth-order valence-corrected chi connectivity index (χ4v) is 3.50. The number of hydrogen-bond acceptors (Lipinski definition) is 4. The second-order valence-corrected chi connectivity index (χ2v) is 6.89. The summed E-state index contributed by atoms with van der Waals surface area (Å²) in [4.78, 5) is 11.9. The molecular formula is C16H26O4. The minimum Gasteiger partial charge on any atom is -0.389 e. The minimum absolute atomic E-state index is 0.0543. The van der Waals surface area contributed by atoms with Crippen LogP contribution in [0.15, 0.2) is 12.2 Å². The molecule has 2 N–H and O–H groups in total. The fraction of sp³-hybridized carbons (Fsp3) is 0.812. The Labute approximate surface area is 120 Å². The third-order valence-electron chi connectivity index (χ3n) is 5.26. The predicted molar refractivity (Wildman–Crippen MR) is 76.2 cm³/mol. The maximum atomic E-state index is 11.9.